The lowest BCUT2D eigenvalue weighted by Crippen LogP contribution is -2.24. The smallest absolute Gasteiger partial charge is 0.427 e. The first-order valence-corrected chi connectivity index (χ1v) is 7.86. The molecule has 1 amide bonds. The Balaban J connectivity index is 2.47. The molecule has 1 heterocycles. The van der Waals surface area contributed by atoms with Crippen LogP contribution in [-0.2, 0) is 19.0 Å². The van der Waals surface area contributed by atoms with Crippen molar-refractivity contribution in [2.24, 2.45) is 5.10 Å². The minimum Gasteiger partial charge on any atom is -0.469 e. The van der Waals surface area contributed by atoms with Gasteiger partial charge in [-0.1, -0.05) is 0 Å². The summed E-state index contributed by atoms with van der Waals surface area (Å²) in [6.07, 6.45) is 3.61. The molecule has 1 aliphatic rings. The third-order valence-electron chi connectivity index (χ3n) is 2.94. The molecule has 8 heteroatoms. The molecule has 0 aromatic carbocycles. The van der Waals surface area contributed by atoms with Crippen LogP contribution in [0.4, 0.5) is 4.79 Å². The van der Waals surface area contributed by atoms with Crippen molar-refractivity contribution in [1.29, 1.82) is 0 Å². The summed E-state index contributed by atoms with van der Waals surface area (Å²) in [5.74, 6) is 0.276. The Kier molecular flexibility index (Phi) is 8.84. The van der Waals surface area contributed by atoms with E-state index in [1.807, 2.05) is 0 Å². The van der Waals surface area contributed by atoms with Gasteiger partial charge in [-0.25, -0.2) is 10.2 Å². The number of carbonyl (C=O) groups is 2. The van der Waals surface area contributed by atoms with E-state index >= 15 is 0 Å². The third kappa shape index (κ3) is 7.91. The highest BCUT2D eigenvalue weighted by molar-refractivity contribution is 8.13. The Bertz CT molecular complexity index is 370. The quantitative estimate of drug-likeness (QED) is 0.348. The molecular formula is C13H22N2O5S. The molecule has 1 unspecified atom stereocenters. The van der Waals surface area contributed by atoms with Gasteiger partial charge in [0, 0.05) is 18.8 Å². The second-order valence-electron chi connectivity index (χ2n) is 4.48. The highest BCUT2D eigenvalue weighted by atomic mass is 32.2. The molecule has 1 aliphatic heterocycles. The maximum absolute atomic E-state index is 11.1. The molecule has 0 aromatic rings. The van der Waals surface area contributed by atoms with Crippen molar-refractivity contribution in [2.75, 3.05) is 26.6 Å². The number of hydrogen-bond donors (Lipinski definition) is 1. The van der Waals surface area contributed by atoms with Gasteiger partial charge in [0.15, 0.2) is 0 Å². The molecule has 1 saturated heterocycles. The Morgan fingerprint density at radius 2 is 2.14 bits per heavy atom. The zero-order valence-electron chi connectivity index (χ0n) is 12.4. The zero-order chi connectivity index (χ0) is 15.5. The molecule has 7 nitrogen and oxygen atoms in total. The van der Waals surface area contributed by atoms with E-state index < -0.39 is 6.09 Å². The summed E-state index contributed by atoms with van der Waals surface area (Å²) >= 11 is 1.41. The number of thioether (sulfide) groups is 1. The highest BCUT2D eigenvalue weighted by Crippen LogP contribution is 2.20. The number of amides is 1. The molecule has 0 saturated carbocycles. The molecule has 0 aliphatic carbocycles. The van der Waals surface area contributed by atoms with E-state index in [9.17, 15) is 9.59 Å². The number of hydrogen-bond acceptors (Lipinski definition) is 7. The summed E-state index contributed by atoms with van der Waals surface area (Å²) in [6.45, 7) is 0.759. The second-order valence-corrected chi connectivity index (χ2v) is 5.64. The maximum Gasteiger partial charge on any atom is 0.427 e. The van der Waals surface area contributed by atoms with Crippen molar-refractivity contribution < 1.29 is 23.8 Å². The van der Waals surface area contributed by atoms with Crippen LogP contribution in [0.25, 0.3) is 0 Å². The Labute approximate surface area is 128 Å². The number of esters is 1. The first-order chi connectivity index (χ1) is 10.2. The molecule has 0 spiro atoms. The summed E-state index contributed by atoms with van der Waals surface area (Å²) < 4.78 is 14.7. The van der Waals surface area contributed by atoms with Crippen molar-refractivity contribution in [3.05, 3.63) is 0 Å². The van der Waals surface area contributed by atoms with E-state index in [0.29, 0.717) is 18.6 Å². The lowest BCUT2D eigenvalue weighted by Gasteiger charge is -2.22. The number of hydrazone groups is 1. The summed E-state index contributed by atoms with van der Waals surface area (Å²) in [5, 5.41) is 4.75. The summed E-state index contributed by atoms with van der Waals surface area (Å²) in [4.78, 5) is 22.2. The van der Waals surface area contributed by atoms with E-state index in [4.69, 9.17) is 4.74 Å². The van der Waals surface area contributed by atoms with Crippen molar-refractivity contribution in [2.45, 2.75) is 38.2 Å². The second kappa shape index (κ2) is 10.4. The topological polar surface area (TPSA) is 86.2 Å². The predicted octanol–water partition coefficient (Wildman–Crippen LogP) is 1.91. The van der Waals surface area contributed by atoms with Gasteiger partial charge in [0.1, 0.15) is 0 Å². The Morgan fingerprint density at radius 1 is 1.33 bits per heavy atom. The average Bonchev–Trinajstić information content (AvgIpc) is 2.52. The number of rotatable bonds is 6. The van der Waals surface area contributed by atoms with Gasteiger partial charge in [0.25, 0.3) is 0 Å². The number of nitrogens with zero attached hydrogens (tertiary/aromatic N) is 1. The van der Waals surface area contributed by atoms with Gasteiger partial charge in [-0.2, -0.15) is 5.10 Å². The van der Waals surface area contributed by atoms with Crippen LogP contribution in [-0.4, -0.2) is 49.8 Å². The first-order valence-electron chi connectivity index (χ1n) is 6.87. The molecular weight excluding hydrogens is 296 g/mol. The zero-order valence-corrected chi connectivity index (χ0v) is 13.2. The molecule has 120 valence electrons. The molecule has 1 atom stereocenters. The van der Waals surface area contributed by atoms with Crippen LogP contribution < -0.4 is 5.43 Å². The van der Waals surface area contributed by atoms with Gasteiger partial charge in [-0.15, -0.1) is 11.8 Å². The van der Waals surface area contributed by atoms with E-state index in [2.05, 4.69) is 20.0 Å². The fourth-order valence-electron chi connectivity index (χ4n) is 1.81. The van der Waals surface area contributed by atoms with Gasteiger partial charge >= 0.3 is 12.1 Å². The largest absolute Gasteiger partial charge is 0.469 e. The van der Waals surface area contributed by atoms with Gasteiger partial charge in [0.2, 0.25) is 0 Å². The van der Waals surface area contributed by atoms with Crippen LogP contribution in [0.1, 0.15) is 32.1 Å². The van der Waals surface area contributed by atoms with Crippen LogP contribution in [0.2, 0.25) is 0 Å². The number of methoxy groups -OCH3 is 2. The summed E-state index contributed by atoms with van der Waals surface area (Å²) in [5.41, 5.74) is 2.31. The number of ether oxygens (including phenoxy) is 3. The summed E-state index contributed by atoms with van der Waals surface area (Å²) in [6, 6.07) is 0. The van der Waals surface area contributed by atoms with Crippen molar-refractivity contribution in [1.82, 2.24) is 5.43 Å². The van der Waals surface area contributed by atoms with Gasteiger partial charge in [0.05, 0.1) is 31.8 Å². The van der Waals surface area contributed by atoms with Gasteiger partial charge in [-0.3, -0.25) is 4.79 Å². The minimum absolute atomic E-state index is 0.113. The molecule has 1 rings (SSSR count). The normalized spacial score (nSPS) is 19.0. The molecule has 0 radical (unpaired) electrons. The van der Waals surface area contributed by atoms with Crippen LogP contribution >= 0.6 is 11.8 Å². The average molecular weight is 318 g/mol. The highest BCUT2D eigenvalue weighted by Gasteiger charge is 2.17. The number of carbonyl (C=O) groups excluding carboxylic acids is 2. The minimum atomic E-state index is -0.620. The standard InChI is InChI=1S/C13H22N2O5S/c1-18-12(16)6-8-21-11(14-15-13(17)19-2)9-10-5-3-4-7-20-10/h10H,3-9H2,1-2H3,(H,15,17)/b14-11-. The first kappa shape index (κ1) is 17.8. The van der Waals surface area contributed by atoms with Crippen LogP contribution in [0.3, 0.4) is 0 Å². The lowest BCUT2D eigenvalue weighted by molar-refractivity contribution is -0.140. The molecule has 21 heavy (non-hydrogen) atoms. The van der Waals surface area contributed by atoms with E-state index in [1.165, 1.54) is 26.0 Å². The Hall–Kier alpha value is -1.28. The monoisotopic (exact) mass is 318 g/mol. The van der Waals surface area contributed by atoms with Crippen LogP contribution in [0.5, 0.6) is 0 Å². The summed E-state index contributed by atoms with van der Waals surface area (Å²) in [7, 11) is 2.63. The van der Waals surface area contributed by atoms with Crippen LogP contribution in [0, 0.1) is 0 Å². The van der Waals surface area contributed by atoms with Crippen molar-refractivity contribution >= 4 is 28.9 Å². The van der Waals surface area contributed by atoms with Crippen molar-refractivity contribution in [3.8, 4) is 0 Å². The fraction of sp³-hybridized carbons (Fsp3) is 0.769. The third-order valence-corrected chi connectivity index (χ3v) is 3.94. The van der Waals surface area contributed by atoms with Crippen molar-refractivity contribution in [3.63, 3.8) is 0 Å². The van der Waals surface area contributed by atoms with E-state index in [1.54, 1.807) is 0 Å². The van der Waals surface area contributed by atoms with Crippen LogP contribution in [0.15, 0.2) is 5.10 Å². The van der Waals surface area contributed by atoms with Gasteiger partial charge < -0.3 is 14.2 Å². The Morgan fingerprint density at radius 3 is 2.76 bits per heavy atom. The fourth-order valence-corrected chi connectivity index (χ4v) is 2.73. The lowest BCUT2D eigenvalue weighted by atomic mass is 10.1. The maximum atomic E-state index is 11.1. The molecule has 0 aromatic heterocycles. The molecule has 1 fully saturated rings. The molecule has 0 bridgehead atoms. The molecule has 1 N–H and O–H groups in total. The van der Waals surface area contributed by atoms with E-state index in [-0.39, 0.29) is 12.1 Å². The number of nitrogens with one attached hydrogen (secondary N) is 1. The van der Waals surface area contributed by atoms with E-state index in [0.717, 1.165) is 30.9 Å². The predicted molar refractivity (Wildman–Crippen MR) is 80.3 cm³/mol. The SMILES string of the molecule is COC(=O)CCS/C(CC1CCCCO1)=N\NC(=O)OC. The van der Waals surface area contributed by atoms with Gasteiger partial charge in [-0.05, 0) is 19.3 Å².